The minimum absolute atomic E-state index is 0.115. The molecule has 2 amide bonds. The van der Waals surface area contributed by atoms with Gasteiger partial charge in [0.2, 0.25) is 5.91 Å². The molecule has 9 nitrogen and oxygen atoms in total. The highest BCUT2D eigenvalue weighted by Crippen LogP contribution is 2.37. The van der Waals surface area contributed by atoms with Crippen LogP contribution in [0.15, 0.2) is 30.6 Å². The van der Waals surface area contributed by atoms with Crippen LogP contribution in [-0.4, -0.2) is 53.5 Å². The number of nitriles is 1. The van der Waals surface area contributed by atoms with Crippen LogP contribution in [0.25, 0.3) is 6.08 Å². The monoisotopic (exact) mass is 468 g/mol. The maximum absolute atomic E-state index is 12.5. The fraction of sp³-hybridized carbons (Fsp3) is 0.391. The van der Waals surface area contributed by atoms with E-state index in [4.69, 9.17) is 14.2 Å². The van der Waals surface area contributed by atoms with Crippen molar-refractivity contribution in [2.24, 2.45) is 0 Å². The van der Waals surface area contributed by atoms with Crippen LogP contribution in [0, 0.1) is 11.3 Å². The van der Waals surface area contributed by atoms with E-state index in [-0.39, 0.29) is 18.6 Å². The number of ether oxygens (including phenoxy) is 3. The number of hydrogen-bond acceptors (Lipinski definition) is 8. The number of nitrogens with zero attached hydrogens (tertiary/aromatic N) is 3. The summed E-state index contributed by atoms with van der Waals surface area (Å²) in [6.45, 7) is 4.87. The molecule has 10 heteroatoms. The fourth-order valence-corrected chi connectivity index (χ4v) is 4.88. The first-order chi connectivity index (χ1) is 15.8. The number of fused-ring (bicyclic) bond motifs is 1. The standard InChI is InChI=1S/C23H24N4O5S/c1-23(2)31-14-16(32-23)13-30-22(29)27-9-7-17-18(10-24)21(33-19(17)12-27)26-20(28)6-5-15-4-3-8-25-11-15/h3-6,8,11,16H,7,9,12-14H2,1-2H3,(H,26,28)/b6-5+. The molecular weight excluding hydrogens is 444 g/mol. The van der Waals surface area contributed by atoms with Gasteiger partial charge in [-0.3, -0.25) is 9.78 Å². The maximum Gasteiger partial charge on any atom is 0.410 e. The van der Waals surface area contributed by atoms with Gasteiger partial charge < -0.3 is 24.4 Å². The number of amides is 2. The Balaban J connectivity index is 1.37. The van der Waals surface area contributed by atoms with Gasteiger partial charge in [-0.1, -0.05) is 6.07 Å². The van der Waals surface area contributed by atoms with Crippen LogP contribution in [0.4, 0.5) is 9.80 Å². The van der Waals surface area contributed by atoms with Gasteiger partial charge in [0, 0.05) is 29.9 Å². The topological polar surface area (TPSA) is 114 Å². The van der Waals surface area contributed by atoms with Crippen molar-refractivity contribution in [1.82, 2.24) is 9.88 Å². The molecule has 2 aliphatic rings. The molecule has 1 N–H and O–H groups in total. The Kier molecular flexibility index (Phi) is 6.74. The van der Waals surface area contributed by atoms with Crippen molar-refractivity contribution in [2.75, 3.05) is 25.1 Å². The minimum Gasteiger partial charge on any atom is -0.447 e. The van der Waals surface area contributed by atoms with Crippen molar-refractivity contribution in [3.05, 3.63) is 52.2 Å². The van der Waals surface area contributed by atoms with Crippen LogP contribution in [-0.2, 0) is 32.0 Å². The summed E-state index contributed by atoms with van der Waals surface area (Å²) in [5.74, 6) is -1.01. The van der Waals surface area contributed by atoms with Crippen molar-refractivity contribution in [3.8, 4) is 6.07 Å². The lowest BCUT2D eigenvalue weighted by molar-refractivity contribution is -0.143. The molecule has 0 radical (unpaired) electrons. The Morgan fingerprint density at radius 3 is 3.03 bits per heavy atom. The third-order valence-corrected chi connectivity index (χ3v) is 6.37. The lowest BCUT2D eigenvalue weighted by Crippen LogP contribution is -2.37. The predicted octanol–water partition coefficient (Wildman–Crippen LogP) is 3.31. The number of aromatic nitrogens is 1. The summed E-state index contributed by atoms with van der Waals surface area (Å²) in [5, 5.41) is 12.9. The van der Waals surface area contributed by atoms with Gasteiger partial charge in [-0.2, -0.15) is 5.26 Å². The van der Waals surface area contributed by atoms with E-state index in [0.717, 1.165) is 16.0 Å². The third kappa shape index (κ3) is 5.57. The van der Waals surface area contributed by atoms with Crippen LogP contribution < -0.4 is 5.32 Å². The molecule has 2 aliphatic heterocycles. The van der Waals surface area contributed by atoms with Gasteiger partial charge in [-0.15, -0.1) is 11.3 Å². The molecule has 4 rings (SSSR count). The second-order valence-corrected chi connectivity index (χ2v) is 9.23. The normalized spacial score (nSPS) is 19.2. The summed E-state index contributed by atoms with van der Waals surface area (Å²) in [6, 6.07) is 5.81. The average molecular weight is 469 g/mol. The lowest BCUT2D eigenvalue weighted by atomic mass is 10.0. The summed E-state index contributed by atoms with van der Waals surface area (Å²) in [7, 11) is 0. The van der Waals surface area contributed by atoms with Gasteiger partial charge in [-0.05, 0) is 43.5 Å². The van der Waals surface area contributed by atoms with Crippen LogP contribution in [0.3, 0.4) is 0 Å². The third-order valence-electron chi connectivity index (χ3n) is 5.24. The van der Waals surface area contributed by atoms with E-state index in [1.54, 1.807) is 29.4 Å². The second-order valence-electron chi connectivity index (χ2n) is 8.13. The first-order valence-corrected chi connectivity index (χ1v) is 11.3. The molecule has 1 atom stereocenters. The van der Waals surface area contributed by atoms with E-state index in [1.165, 1.54) is 17.4 Å². The van der Waals surface area contributed by atoms with Gasteiger partial charge in [0.1, 0.15) is 23.8 Å². The average Bonchev–Trinajstić information content (AvgIpc) is 3.34. The molecule has 1 saturated heterocycles. The number of nitrogens with one attached hydrogen (secondary N) is 1. The molecule has 172 valence electrons. The quantitative estimate of drug-likeness (QED) is 0.670. The zero-order valence-corrected chi connectivity index (χ0v) is 19.2. The van der Waals surface area contributed by atoms with Gasteiger partial charge in [0.15, 0.2) is 5.79 Å². The molecular formula is C23H24N4O5S. The van der Waals surface area contributed by atoms with E-state index in [1.807, 2.05) is 19.9 Å². The number of pyridine rings is 1. The van der Waals surface area contributed by atoms with Gasteiger partial charge in [-0.25, -0.2) is 4.79 Å². The summed E-state index contributed by atoms with van der Waals surface area (Å²) in [4.78, 5) is 31.4. The van der Waals surface area contributed by atoms with Crippen molar-refractivity contribution < 1.29 is 23.8 Å². The molecule has 2 aromatic rings. The first kappa shape index (κ1) is 22.9. The molecule has 33 heavy (non-hydrogen) atoms. The van der Waals surface area contributed by atoms with Crippen LogP contribution in [0.2, 0.25) is 0 Å². The van der Waals surface area contributed by atoms with Crippen LogP contribution in [0.1, 0.15) is 35.4 Å². The molecule has 0 bridgehead atoms. The molecule has 2 aromatic heterocycles. The Bertz CT molecular complexity index is 1110. The number of anilines is 1. The van der Waals surface area contributed by atoms with Gasteiger partial charge in [0.05, 0.1) is 18.7 Å². The Hall–Kier alpha value is -3.26. The summed E-state index contributed by atoms with van der Waals surface area (Å²) >= 11 is 1.31. The van der Waals surface area contributed by atoms with E-state index in [9.17, 15) is 14.9 Å². The predicted molar refractivity (Wildman–Crippen MR) is 121 cm³/mol. The number of thiophene rings is 1. The lowest BCUT2D eigenvalue weighted by Gasteiger charge is -2.26. The number of rotatable bonds is 5. The van der Waals surface area contributed by atoms with Gasteiger partial charge >= 0.3 is 6.09 Å². The Morgan fingerprint density at radius 2 is 2.33 bits per heavy atom. The first-order valence-electron chi connectivity index (χ1n) is 10.5. The molecule has 1 fully saturated rings. The molecule has 0 saturated carbocycles. The number of hydrogen-bond donors (Lipinski definition) is 1. The van der Waals surface area contributed by atoms with Crippen LogP contribution in [0.5, 0.6) is 0 Å². The highest BCUT2D eigenvalue weighted by atomic mass is 32.1. The largest absolute Gasteiger partial charge is 0.447 e. The zero-order valence-electron chi connectivity index (χ0n) is 18.4. The van der Waals surface area contributed by atoms with Gasteiger partial charge in [0.25, 0.3) is 0 Å². The molecule has 4 heterocycles. The van der Waals surface area contributed by atoms with Crippen molar-refractivity contribution in [2.45, 2.75) is 38.7 Å². The van der Waals surface area contributed by atoms with E-state index >= 15 is 0 Å². The Morgan fingerprint density at radius 1 is 1.48 bits per heavy atom. The second kappa shape index (κ2) is 9.70. The summed E-state index contributed by atoms with van der Waals surface area (Å²) in [6.07, 6.45) is 6.14. The highest BCUT2D eigenvalue weighted by molar-refractivity contribution is 7.16. The van der Waals surface area contributed by atoms with E-state index < -0.39 is 11.9 Å². The number of carbonyl (C=O) groups is 2. The van der Waals surface area contributed by atoms with Crippen molar-refractivity contribution in [3.63, 3.8) is 0 Å². The van der Waals surface area contributed by atoms with E-state index in [2.05, 4.69) is 16.4 Å². The van der Waals surface area contributed by atoms with Crippen LogP contribution >= 0.6 is 11.3 Å². The van der Waals surface area contributed by atoms with Crippen molar-refractivity contribution >= 4 is 34.4 Å². The fourth-order valence-electron chi connectivity index (χ4n) is 3.67. The molecule has 0 aromatic carbocycles. The SMILES string of the molecule is CC1(C)OCC(COC(=O)N2CCc3c(sc(NC(=O)/C=C/c4cccnc4)c3C#N)C2)O1. The molecule has 0 aliphatic carbocycles. The molecule has 0 spiro atoms. The maximum atomic E-state index is 12.5. The smallest absolute Gasteiger partial charge is 0.410 e. The van der Waals surface area contributed by atoms with E-state index in [0.29, 0.717) is 36.7 Å². The highest BCUT2D eigenvalue weighted by Gasteiger charge is 2.34. The van der Waals surface area contributed by atoms with Crippen molar-refractivity contribution in [1.29, 1.82) is 5.26 Å². The Labute approximate surface area is 195 Å². The summed E-state index contributed by atoms with van der Waals surface area (Å²) in [5.41, 5.74) is 2.11. The molecule has 1 unspecified atom stereocenters. The zero-order chi connectivity index (χ0) is 23.4. The summed E-state index contributed by atoms with van der Waals surface area (Å²) < 4.78 is 16.6. The minimum atomic E-state index is -0.671. The number of carbonyl (C=O) groups excluding carboxylic acids is 2.